The summed E-state index contributed by atoms with van der Waals surface area (Å²) in [6, 6.07) is 7.63. The highest BCUT2D eigenvalue weighted by molar-refractivity contribution is 6.30. The van der Waals surface area contributed by atoms with Gasteiger partial charge in [-0.05, 0) is 30.5 Å². The molecule has 1 aromatic heterocycles. The molecule has 128 valence electrons. The summed E-state index contributed by atoms with van der Waals surface area (Å²) in [6.07, 6.45) is 6.37. The SMILES string of the molecule is COCCn1cncc1CNC(=O)C1(c2ccc(Cl)cc2)CCC1. The molecule has 1 aliphatic rings. The molecule has 0 radical (unpaired) electrons. The second kappa shape index (κ2) is 7.36. The Morgan fingerprint density at radius 1 is 1.38 bits per heavy atom. The summed E-state index contributed by atoms with van der Waals surface area (Å²) in [4.78, 5) is 17.0. The van der Waals surface area contributed by atoms with E-state index >= 15 is 0 Å². The number of ether oxygens (including phenoxy) is 1. The number of carbonyl (C=O) groups excluding carboxylic acids is 1. The summed E-state index contributed by atoms with van der Waals surface area (Å²) >= 11 is 5.97. The highest BCUT2D eigenvalue weighted by Gasteiger charge is 2.45. The van der Waals surface area contributed by atoms with E-state index in [4.69, 9.17) is 16.3 Å². The highest BCUT2D eigenvalue weighted by atomic mass is 35.5. The topological polar surface area (TPSA) is 56.1 Å². The summed E-state index contributed by atoms with van der Waals surface area (Å²) in [5, 5.41) is 3.77. The van der Waals surface area contributed by atoms with Gasteiger partial charge in [0.1, 0.15) is 0 Å². The molecular formula is C18H22ClN3O2. The van der Waals surface area contributed by atoms with Gasteiger partial charge in [-0.25, -0.2) is 4.98 Å². The molecule has 0 aliphatic heterocycles. The summed E-state index contributed by atoms with van der Waals surface area (Å²) in [5.41, 5.74) is 1.61. The number of nitrogens with one attached hydrogen (secondary N) is 1. The van der Waals surface area contributed by atoms with Crippen molar-refractivity contribution in [3.63, 3.8) is 0 Å². The summed E-state index contributed by atoms with van der Waals surface area (Å²) in [7, 11) is 1.67. The molecule has 3 rings (SSSR count). The quantitative estimate of drug-likeness (QED) is 0.837. The zero-order valence-electron chi connectivity index (χ0n) is 13.8. The maximum atomic E-state index is 12.9. The van der Waals surface area contributed by atoms with Gasteiger partial charge in [0.15, 0.2) is 0 Å². The lowest BCUT2D eigenvalue weighted by Gasteiger charge is -2.40. The molecule has 5 nitrogen and oxygen atoms in total. The van der Waals surface area contributed by atoms with Crippen molar-refractivity contribution in [2.24, 2.45) is 0 Å². The molecule has 1 saturated carbocycles. The van der Waals surface area contributed by atoms with Crippen molar-refractivity contribution in [3.8, 4) is 0 Å². The van der Waals surface area contributed by atoms with Crippen LogP contribution in [0, 0.1) is 0 Å². The molecule has 0 bridgehead atoms. The molecule has 0 atom stereocenters. The Morgan fingerprint density at radius 2 is 2.12 bits per heavy atom. The van der Waals surface area contributed by atoms with Crippen LogP contribution in [0.25, 0.3) is 0 Å². The second-order valence-corrected chi connectivity index (χ2v) is 6.63. The standard InChI is InChI=1S/C18H22ClN3O2/c1-24-10-9-22-13-20-11-16(22)12-21-17(23)18(7-2-8-18)14-3-5-15(19)6-4-14/h3-6,11,13H,2,7-10,12H2,1H3,(H,21,23). The van der Waals surface area contributed by atoms with Crippen molar-refractivity contribution < 1.29 is 9.53 Å². The van der Waals surface area contributed by atoms with E-state index in [-0.39, 0.29) is 5.91 Å². The largest absolute Gasteiger partial charge is 0.383 e. The van der Waals surface area contributed by atoms with Crippen molar-refractivity contribution in [3.05, 3.63) is 53.1 Å². The Kier molecular flexibility index (Phi) is 5.21. The van der Waals surface area contributed by atoms with Crippen LogP contribution >= 0.6 is 11.6 Å². The number of methoxy groups -OCH3 is 1. The maximum Gasteiger partial charge on any atom is 0.230 e. The second-order valence-electron chi connectivity index (χ2n) is 6.20. The van der Waals surface area contributed by atoms with Crippen LogP contribution in [0.4, 0.5) is 0 Å². The molecule has 0 spiro atoms. The number of benzene rings is 1. The molecular weight excluding hydrogens is 326 g/mol. The maximum absolute atomic E-state index is 12.9. The fourth-order valence-electron chi connectivity index (χ4n) is 3.17. The van der Waals surface area contributed by atoms with Gasteiger partial charge in [0.05, 0.1) is 30.6 Å². The van der Waals surface area contributed by atoms with E-state index in [0.29, 0.717) is 18.2 Å². The monoisotopic (exact) mass is 347 g/mol. The normalized spacial score (nSPS) is 15.8. The van der Waals surface area contributed by atoms with Crippen LogP contribution in [-0.2, 0) is 28.0 Å². The predicted molar refractivity (Wildman–Crippen MR) is 92.9 cm³/mol. The lowest BCUT2D eigenvalue weighted by atomic mass is 9.64. The van der Waals surface area contributed by atoms with E-state index in [9.17, 15) is 4.79 Å². The highest BCUT2D eigenvalue weighted by Crippen LogP contribution is 2.44. The molecule has 0 saturated heterocycles. The Balaban J connectivity index is 1.67. The fourth-order valence-corrected chi connectivity index (χ4v) is 3.30. The Labute approximate surface area is 147 Å². The molecule has 1 N–H and O–H groups in total. The average Bonchev–Trinajstić information content (AvgIpc) is 2.99. The Morgan fingerprint density at radius 3 is 2.75 bits per heavy atom. The number of amides is 1. The number of hydrogen-bond acceptors (Lipinski definition) is 3. The van der Waals surface area contributed by atoms with Gasteiger partial charge in [0.25, 0.3) is 0 Å². The van der Waals surface area contributed by atoms with Crippen LogP contribution in [0.15, 0.2) is 36.8 Å². The number of nitrogens with zero attached hydrogens (tertiary/aromatic N) is 2. The van der Waals surface area contributed by atoms with Crippen molar-refractivity contribution in [1.29, 1.82) is 0 Å². The summed E-state index contributed by atoms with van der Waals surface area (Å²) in [6.45, 7) is 1.81. The summed E-state index contributed by atoms with van der Waals surface area (Å²) < 4.78 is 7.10. The van der Waals surface area contributed by atoms with E-state index in [1.54, 1.807) is 19.6 Å². The van der Waals surface area contributed by atoms with Gasteiger partial charge >= 0.3 is 0 Å². The number of imidazole rings is 1. The van der Waals surface area contributed by atoms with Crippen molar-refractivity contribution in [2.75, 3.05) is 13.7 Å². The zero-order chi connectivity index (χ0) is 17.0. The minimum Gasteiger partial charge on any atom is -0.383 e. The lowest BCUT2D eigenvalue weighted by molar-refractivity contribution is -0.130. The van der Waals surface area contributed by atoms with Gasteiger partial charge in [-0.3, -0.25) is 4.79 Å². The van der Waals surface area contributed by atoms with Crippen LogP contribution in [0.5, 0.6) is 0 Å². The molecule has 1 heterocycles. The van der Waals surface area contributed by atoms with Crippen LogP contribution in [0.3, 0.4) is 0 Å². The summed E-state index contributed by atoms with van der Waals surface area (Å²) in [5.74, 6) is 0.0792. The molecule has 24 heavy (non-hydrogen) atoms. The van der Waals surface area contributed by atoms with E-state index in [2.05, 4.69) is 10.3 Å². The molecule has 1 amide bonds. The van der Waals surface area contributed by atoms with E-state index < -0.39 is 5.41 Å². The van der Waals surface area contributed by atoms with E-state index in [1.807, 2.05) is 28.8 Å². The number of halogens is 1. The van der Waals surface area contributed by atoms with Gasteiger partial charge in [-0.15, -0.1) is 0 Å². The van der Waals surface area contributed by atoms with E-state index in [1.165, 1.54) is 0 Å². The number of aromatic nitrogens is 2. The van der Waals surface area contributed by atoms with Crippen LogP contribution in [-0.4, -0.2) is 29.2 Å². The molecule has 1 fully saturated rings. The molecule has 2 aromatic rings. The molecule has 0 unspecified atom stereocenters. The van der Waals surface area contributed by atoms with Gasteiger partial charge in [0.2, 0.25) is 5.91 Å². The molecule has 1 aliphatic carbocycles. The minimum atomic E-state index is -0.415. The van der Waals surface area contributed by atoms with Gasteiger partial charge in [-0.1, -0.05) is 30.2 Å². The first-order valence-electron chi connectivity index (χ1n) is 8.18. The van der Waals surface area contributed by atoms with Crippen LogP contribution in [0.2, 0.25) is 5.02 Å². The van der Waals surface area contributed by atoms with Crippen molar-refractivity contribution in [1.82, 2.24) is 14.9 Å². The molecule has 6 heteroatoms. The zero-order valence-corrected chi connectivity index (χ0v) is 14.6. The van der Waals surface area contributed by atoms with Crippen LogP contribution in [0.1, 0.15) is 30.5 Å². The minimum absolute atomic E-state index is 0.0792. The van der Waals surface area contributed by atoms with Gasteiger partial charge < -0.3 is 14.6 Å². The molecule has 1 aromatic carbocycles. The van der Waals surface area contributed by atoms with Gasteiger partial charge in [0, 0.05) is 24.9 Å². The van der Waals surface area contributed by atoms with Crippen molar-refractivity contribution >= 4 is 17.5 Å². The third kappa shape index (κ3) is 3.32. The van der Waals surface area contributed by atoms with Gasteiger partial charge in [-0.2, -0.15) is 0 Å². The number of rotatable bonds is 7. The number of hydrogen-bond donors (Lipinski definition) is 1. The van der Waals surface area contributed by atoms with Crippen LogP contribution < -0.4 is 5.32 Å². The smallest absolute Gasteiger partial charge is 0.230 e. The Hall–Kier alpha value is -1.85. The third-order valence-corrected chi connectivity index (χ3v) is 5.06. The first-order chi connectivity index (χ1) is 11.7. The predicted octanol–water partition coefficient (Wildman–Crippen LogP) is 2.92. The third-order valence-electron chi connectivity index (χ3n) is 4.80. The number of carbonyl (C=O) groups is 1. The first-order valence-corrected chi connectivity index (χ1v) is 8.56. The average molecular weight is 348 g/mol. The Bertz CT molecular complexity index is 693. The van der Waals surface area contributed by atoms with Crippen molar-refractivity contribution in [2.45, 2.75) is 37.8 Å². The first kappa shape index (κ1) is 17.0. The van der Waals surface area contributed by atoms with E-state index in [0.717, 1.165) is 37.1 Å². The lowest BCUT2D eigenvalue weighted by Crippen LogP contribution is -2.49. The fraction of sp³-hybridized carbons (Fsp3) is 0.444.